The van der Waals surface area contributed by atoms with Gasteiger partial charge in [-0.2, -0.15) is 0 Å². The third kappa shape index (κ3) is 3.59. The molecular formula is C24H36N2O5S. The Morgan fingerprint density at radius 2 is 2.03 bits per heavy atom. The average Bonchev–Trinajstić information content (AvgIpc) is 3.32. The van der Waals surface area contributed by atoms with Crippen LogP contribution in [0.4, 0.5) is 0 Å². The molecule has 3 aliphatic heterocycles. The topological polar surface area (TPSA) is 87.2 Å². The van der Waals surface area contributed by atoms with Crippen LogP contribution in [0.3, 0.4) is 0 Å². The molecule has 2 amide bonds. The second-order valence-corrected chi connectivity index (χ2v) is 11.7. The largest absolute Gasteiger partial charge is 0.461 e. The van der Waals surface area contributed by atoms with E-state index in [0.717, 1.165) is 6.42 Å². The van der Waals surface area contributed by atoms with Crippen molar-refractivity contribution in [1.82, 2.24) is 9.80 Å². The van der Waals surface area contributed by atoms with Crippen molar-refractivity contribution in [3.63, 3.8) is 0 Å². The van der Waals surface area contributed by atoms with Gasteiger partial charge in [0, 0.05) is 17.3 Å². The van der Waals surface area contributed by atoms with Crippen LogP contribution in [0.2, 0.25) is 0 Å². The Labute approximate surface area is 195 Å². The molecule has 3 saturated heterocycles. The molecule has 3 aliphatic rings. The van der Waals surface area contributed by atoms with Gasteiger partial charge in [0.05, 0.1) is 29.2 Å². The number of hydrogen-bond donors (Lipinski definition) is 1. The third-order valence-corrected chi connectivity index (χ3v) is 9.24. The number of ether oxygens (including phenoxy) is 1. The van der Waals surface area contributed by atoms with Gasteiger partial charge >= 0.3 is 5.97 Å². The lowest BCUT2D eigenvalue weighted by molar-refractivity contribution is -0.154. The van der Waals surface area contributed by atoms with Gasteiger partial charge in [0.1, 0.15) is 12.6 Å². The molecule has 0 saturated carbocycles. The second-order valence-electron chi connectivity index (χ2n) is 10.2. The Hall–Kier alpha value is -1.80. The number of nitrogens with zero attached hydrogens (tertiary/aromatic N) is 2. The van der Waals surface area contributed by atoms with Crippen LogP contribution in [0.25, 0.3) is 0 Å². The molecule has 1 spiro atoms. The predicted octanol–water partition coefficient (Wildman–Crippen LogP) is 2.25. The summed E-state index contributed by atoms with van der Waals surface area (Å²) in [5, 5.41) is 9.89. The van der Waals surface area contributed by atoms with Gasteiger partial charge in [0.2, 0.25) is 11.8 Å². The smallest absolute Gasteiger partial charge is 0.311 e. The van der Waals surface area contributed by atoms with Crippen LogP contribution in [0, 0.1) is 17.8 Å². The van der Waals surface area contributed by atoms with Gasteiger partial charge in [0.25, 0.3) is 0 Å². The van der Waals surface area contributed by atoms with Crippen LogP contribution >= 0.6 is 11.8 Å². The van der Waals surface area contributed by atoms with E-state index < -0.39 is 40.2 Å². The zero-order valence-electron chi connectivity index (χ0n) is 19.7. The Morgan fingerprint density at radius 1 is 1.38 bits per heavy atom. The summed E-state index contributed by atoms with van der Waals surface area (Å²) in [5.41, 5.74) is -0.482. The summed E-state index contributed by atoms with van der Waals surface area (Å²) in [6.45, 7) is 17.3. The van der Waals surface area contributed by atoms with Crippen LogP contribution in [-0.2, 0) is 19.1 Å². The van der Waals surface area contributed by atoms with E-state index in [0.29, 0.717) is 6.54 Å². The van der Waals surface area contributed by atoms with Gasteiger partial charge in [-0.25, -0.2) is 0 Å². The van der Waals surface area contributed by atoms with E-state index in [1.165, 1.54) is 6.08 Å². The number of aliphatic hydroxyl groups excluding tert-OH is 1. The fourth-order valence-corrected chi connectivity index (χ4v) is 8.17. The molecule has 0 aliphatic carbocycles. The first-order valence-electron chi connectivity index (χ1n) is 11.3. The maximum atomic E-state index is 14.1. The molecule has 1 N–H and O–H groups in total. The number of thioether (sulfide) groups is 1. The molecule has 0 radical (unpaired) electrons. The van der Waals surface area contributed by atoms with Gasteiger partial charge in [-0.05, 0) is 40.0 Å². The van der Waals surface area contributed by atoms with Gasteiger partial charge in [-0.3, -0.25) is 14.4 Å². The maximum absolute atomic E-state index is 14.1. The van der Waals surface area contributed by atoms with Crippen molar-refractivity contribution in [2.45, 2.75) is 68.7 Å². The highest BCUT2D eigenvalue weighted by molar-refractivity contribution is 8.02. The van der Waals surface area contributed by atoms with Gasteiger partial charge in [0.15, 0.2) is 0 Å². The SMILES string of the molecule is C=CCOC(=O)[C@@H]1[C@@H]2CC(C)C3(S2)C(C(=O)N(CC=C)C(C)(C)C)N([C@H](C)CO)C(=O)[C@H]13. The maximum Gasteiger partial charge on any atom is 0.311 e. The fourth-order valence-electron chi connectivity index (χ4n) is 5.78. The van der Waals surface area contributed by atoms with E-state index in [4.69, 9.17) is 4.74 Å². The minimum atomic E-state index is -0.761. The number of esters is 1. The number of amides is 2. The molecule has 0 aromatic heterocycles. The quantitative estimate of drug-likeness (QED) is 0.438. The van der Waals surface area contributed by atoms with Crippen LogP contribution < -0.4 is 0 Å². The lowest BCUT2D eigenvalue weighted by Crippen LogP contribution is -2.61. The highest BCUT2D eigenvalue weighted by atomic mass is 32.2. The summed E-state index contributed by atoms with van der Waals surface area (Å²) in [6, 6.07) is -1.30. The molecule has 8 heteroatoms. The molecular weight excluding hydrogens is 428 g/mol. The minimum absolute atomic E-state index is 0.0605. The lowest BCUT2D eigenvalue weighted by atomic mass is 9.66. The van der Waals surface area contributed by atoms with Crippen molar-refractivity contribution < 1.29 is 24.2 Å². The van der Waals surface area contributed by atoms with E-state index in [1.54, 1.807) is 34.6 Å². The second kappa shape index (κ2) is 8.86. The Morgan fingerprint density at radius 3 is 2.56 bits per heavy atom. The van der Waals surface area contributed by atoms with Crippen LogP contribution in [0.5, 0.6) is 0 Å². The number of hydrogen-bond acceptors (Lipinski definition) is 6. The number of aliphatic hydroxyl groups is 1. The summed E-state index contributed by atoms with van der Waals surface area (Å²) in [4.78, 5) is 44.3. The standard InChI is InChI=1S/C24H36N2O5S/c1-8-10-25(23(5,6)7)21(29)19-24-14(3)12-16(32-24)17(22(30)31-11-9-2)18(24)20(28)26(19)15(4)13-27/h8-9,14-19,27H,1-2,10-13H2,3-7H3/t14?,15-,16+,17-,18+,19?,24?/m1/s1. The van der Waals surface area contributed by atoms with E-state index in [9.17, 15) is 19.5 Å². The number of likely N-dealkylation sites (tertiary alicyclic amines) is 1. The molecule has 3 unspecified atom stereocenters. The average molecular weight is 465 g/mol. The van der Waals surface area contributed by atoms with Crippen molar-refractivity contribution in [3.8, 4) is 0 Å². The summed E-state index contributed by atoms with van der Waals surface area (Å²) in [5.74, 6) is -1.99. The van der Waals surface area contributed by atoms with Crippen molar-refractivity contribution in [1.29, 1.82) is 0 Å². The van der Waals surface area contributed by atoms with Crippen molar-refractivity contribution >= 4 is 29.5 Å². The lowest BCUT2D eigenvalue weighted by Gasteiger charge is -2.44. The summed E-state index contributed by atoms with van der Waals surface area (Å²) < 4.78 is 4.64. The van der Waals surface area contributed by atoms with E-state index in [-0.39, 0.29) is 36.2 Å². The molecule has 0 aromatic carbocycles. The highest BCUT2D eigenvalue weighted by Gasteiger charge is 2.77. The monoisotopic (exact) mass is 464 g/mol. The molecule has 7 nitrogen and oxygen atoms in total. The number of fused-ring (bicyclic) bond motifs is 1. The third-order valence-electron chi connectivity index (χ3n) is 7.16. The highest BCUT2D eigenvalue weighted by Crippen LogP contribution is 2.69. The van der Waals surface area contributed by atoms with Crippen LogP contribution in [-0.4, -0.2) is 80.1 Å². The predicted molar refractivity (Wildman–Crippen MR) is 125 cm³/mol. The van der Waals surface area contributed by atoms with Crippen molar-refractivity contribution in [3.05, 3.63) is 25.3 Å². The molecule has 178 valence electrons. The van der Waals surface area contributed by atoms with E-state index in [1.807, 2.05) is 20.8 Å². The molecule has 0 aromatic rings. The Balaban J connectivity index is 2.12. The summed E-state index contributed by atoms with van der Waals surface area (Å²) in [7, 11) is 0. The van der Waals surface area contributed by atoms with Crippen molar-refractivity contribution in [2.24, 2.45) is 17.8 Å². The van der Waals surface area contributed by atoms with Gasteiger partial charge in [-0.15, -0.1) is 18.3 Å². The minimum Gasteiger partial charge on any atom is -0.461 e. The molecule has 32 heavy (non-hydrogen) atoms. The van der Waals surface area contributed by atoms with Gasteiger partial charge in [-0.1, -0.05) is 25.7 Å². The van der Waals surface area contributed by atoms with E-state index >= 15 is 0 Å². The fraction of sp³-hybridized carbons (Fsp3) is 0.708. The summed E-state index contributed by atoms with van der Waals surface area (Å²) in [6.07, 6.45) is 3.94. The zero-order valence-corrected chi connectivity index (χ0v) is 20.6. The molecule has 7 atom stereocenters. The van der Waals surface area contributed by atoms with Crippen molar-refractivity contribution in [2.75, 3.05) is 19.8 Å². The Kier molecular flexibility index (Phi) is 6.87. The number of carbonyl (C=O) groups excluding carboxylic acids is 3. The first kappa shape index (κ1) is 24.8. The van der Waals surface area contributed by atoms with Gasteiger partial charge < -0.3 is 19.6 Å². The van der Waals surface area contributed by atoms with Crippen LogP contribution in [0.15, 0.2) is 25.3 Å². The molecule has 3 fully saturated rings. The first-order valence-corrected chi connectivity index (χ1v) is 12.2. The Bertz CT molecular complexity index is 809. The van der Waals surface area contributed by atoms with Crippen LogP contribution in [0.1, 0.15) is 41.0 Å². The first-order chi connectivity index (χ1) is 15.0. The van der Waals surface area contributed by atoms with E-state index in [2.05, 4.69) is 20.1 Å². The normalized spacial score (nSPS) is 34.2. The molecule has 3 rings (SSSR count). The summed E-state index contributed by atoms with van der Waals surface area (Å²) >= 11 is 1.60. The zero-order chi connectivity index (χ0) is 24.0. The molecule has 3 heterocycles. The number of carbonyl (C=O) groups is 3. The molecule has 2 bridgehead atoms. The number of rotatable bonds is 8.